The van der Waals surface area contributed by atoms with Crippen LogP contribution >= 0.6 is 0 Å². The molecule has 0 saturated carbocycles. The number of benzene rings is 2. The third kappa shape index (κ3) is 3.79. The molecule has 8 heteroatoms. The number of hydrogen-bond donors (Lipinski definition) is 3. The van der Waals surface area contributed by atoms with Gasteiger partial charge in [-0.15, -0.1) is 0 Å². The van der Waals surface area contributed by atoms with Gasteiger partial charge in [0.15, 0.2) is 17.5 Å². The quantitative estimate of drug-likeness (QED) is 0.610. The number of rotatable bonds is 4. The van der Waals surface area contributed by atoms with E-state index in [1.807, 2.05) is 26.0 Å². The molecule has 0 atom stereocenters. The average Bonchev–Trinajstić information content (AvgIpc) is 3.04. The fraction of sp³-hybridized carbons (Fsp3) is 0.158. The van der Waals surface area contributed by atoms with E-state index in [0.29, 0.717) is 6.07 Å². The predicted octanol–water partition coefficient (Wildman–Crippen LogP) is 3.57. The molecule has 1 aromatic heterocycles. The van der Waals surface area contributed by atoms with Crippen molar-refractivity contribution in [3.63, 3.8) is 0 Å². The molecule has 3 aromatic rings. The Bertz CT molecular complexity index is 1060. The molecule has 3 rings (SSSR count). The minimum Gasteiger partial charge on any atom is -0.351 e. The van der Waals surface area contributed by atoms with Crippen molar-refractivity contribution in [2.75, 3.05) is 11.9 Å². The molecule has 0 aliphatic rings. The Morgan fingerprint density at radius 2 is 1.78 bits per heavy atom. The zero-order valence-corrected chi connectivity index (χ0v) is 14.5. The summed E-state index contributed by atoms with van der Waals surface area (Å²) in [6.07, 6.45) is 0. The number of halogens is 3. The summed E-state index contributed by atoms with van der Waals surface area (Å²) in [6.45, 7) is 3.40. The second-order valence-electron chi connectivity index (χ2n) is 6.18. The second-order valence-corrected chi connectivity index (χ2v) is 6.18. The Kier molecular flexibility index (Phi) is 4.89. The maximum atomic E-state index is 13.6. The molecule has 0 bridgehead atoms. The van der Waals surface area contributed by atoms with Crippen molar-refractivity contribution in [1.82, 2.24) is 10.3 Å². The number of aromatic amines is 1. The first-order valence-corrected chi connectivity index (χ1v) is 8.08. The van der Waals surface area contributed by atoms with E-state index in [4.69, 9.17) is 0 Å². The van der Waals surface area contributed by atoms with Gasteiger partial charge >= 0.3 is 0 Å². The van der Waals surface area contributed by atoms with Crippen LogP contribution in [0.15, 0.2) is 30.3 Å². The monoisotopic (exact) mass is 375 g/mol. The Hall–Kier alpha value is -3.29. The van der Waals surface area contributed by atoms with Crippen LogP contribution in [0.3, 0.4) is 0 Å². The van der Waals surface area contributed by atoms with Crippen molar-refractivity contribution >= 4 is 28.4 Å². The van der Waals surface area contributed by atoms with Crippen LogP contribution in [0.1, 0.15) is 21.6 Å². The molecule has 1 heterocycles. The highest BCUT2D eigenvalue weighted by molar-refractivity contribution is 6.01. The van der Waals surface area contributed by atoms with Crippen molar-refractivity contribution < 1.29 is 22.8 Å². The van der Waals surface area contributed by atoms with Gasteiger partial charge in [0, 0.05) is 10.9 Å². The number of fused-ring (bicyclic) bond motifs is 1. The van der Waals surface area contributed by atoms with Gasteiger partial charge in [0.05, 0.1) is 12.2 Å². The van der Waals surface area contributed by atoms with E-state index in [1.54, 1.807) is 6.07 Å². The van der Waals surface area contributed by atoms with Crippen LogP contribution in [0, 0.1) is 31.3 Å². The first-order valence-electron chi connectivity index (χ1n) is 8.08. The van der Waals surface area contributed by atoms with Gasteiger partial charge in [0.25, 0.3) is 5.91 Å². The Balaban J connectivity index is 1.66. The summed E-state index contributed by atoms with van der Waals surface area (Å²) in [5, 5.41) is 5.36. The van der Waals surface area contributed by atoms with Crippen LogP contribution in [0.4, 0.5) is 18.9 Å². The van der Waals surface area contributed by atoms with Gasteiger partial charge in [0.1, 0.15) is 5.69 Å². The zero-order valence-electron chi connectivity index (χ0n) is 14.5. The van der Waals surface area contributed by atoms with Crippen LogP contribution in [-0.4, -0.2) is 23.3 Å². The molecule has 0 spiro atoms. The Morgan fingerprint density at radius 3 is 2.52 bits per heavy atom. The summed E-state index contributed by atoms with van der Waals surface area (Å²) >= 11 is 0. The zero-order chi connectivity index (χ0) is 19.7. The van der Waals surface area contributed by atoms with Crippen LogP contribution in [0.25, 0.3) is 10.9 Å². The molecule has 0 fully saturated rings. The second kappa shape index (κ2) is 7.14. The molecule has 27 heavy (non-hydrogen) atoms. The fourth-order valence-corrected chi connectivity index (χ4v) is 2.79. The Labute approximate surface area is 152 Å². The topological polar surface area (TPSA) is 74.0 Å². The summed E-state index contributed by atoms with van der Waals surface area (Å²) in [7, 11) is 0. The molecule has 0 aliphatic carbocycles. The highest BCUT2D eigenvalue weighted by atomic mass is 19.2. The van der Waals surface area contributed by atoms with E-state index in [0.717, 1.165) is 28.1 Å². The third-order valence-corrected chi connectivity index (χ3v) is 4.05. The SMILES string of the molecule is Cc1cc(C)c2cc(C(=O)NCC(=O)Nc3ccc(F)c(F)c3F)[nH]c2c1. The van der Waals surface area contributed by atoms with E-state index >= 15 is 0 Å². The lowest BCUT2D eigenvalue weighted by atomic mass is 10.1. The van der Waals surface area contributed by atoms with Crippen molar-refractivity contribution in [1.29, 1.82) is 0 Å². The standard InChI is InChI=1S/C19H16F3N3O2/c1-9-5-10(2)11-7-15(24-14(11)6-9)19(27)23-8-16(26)25-13-4-3-12(20)17(21)18(13)22/h3-7,24H,8H2,1-2H3,(H,23,27)(H,25,26). The molecule has 5 nitrogen and oxygen atoms in total. The number of aromatic nitrogens is 1. The number of nitrogens with one attached hydrogen (secondary N) is 3. The van der Waals surface area contributed by atoms with Crippen molar-refractivity contribution in [2.45, 2.75) is 13.8 Å². The maximum Gasteiger partial charge on any atom is 0.268 e. The van der Waals surface area contributed by atoms with Crippen molar-refractivity contribution in [3.8, 4) is 0 Å². The van der Waals surface area contributed by atoms with Crippen LogP contribution in [-0.2, 0) is 4.79 Å². The number of carbonyl (C=O) groups excluding carboxylic acids is 2. The lowest BCUT2D eigenvalue weighted by Crippen LogP contribution is -2.33. The number of anilines is 1. The van der Waals surface area contributed by atoms with E-state index in [1.165, 1.54) is 0 Å². The van der Waals surface area contributed by atoms with Gasteiger partial charge in [-0.3, -0.25) is 9.59 Å². The Morgan fingerprint density at radius 1 is 1.04 bits per heavy atom. The summed E-state index contributed by atoms with van der Waals surface area (Å²) in [4.78, 5) is 27.1. The van der Waals surface area contributed by atoms with Crippen LogP contribution in [0.5, 0.6) is 0 Å². The highest BCUT2D eigenvalue weighted by Gasteiger charge is 2.16. The van der Waals surface area contributed by atoms with E-state index < -0.39 is 41.5 Å². The third-order valence-electron chi connectivity index (χ3n) is 4.05. The molecule has 0 unspecified atom stereocenters. The number of H-pyrrole nitrogens is 1. The van der Waals surface area contributed by atoms with Crippen LogP contribution < -0.4 is 10.6 Å². The minimum absolute atomic E-state index is 0.269. The van der Waals surface area contributed by atoms with Gasteiger partial charge in [-0.25, -0.2) is 13.2 Å². The normalized spacial score (nSPS) is 10.9. The largest absolute Gasteiger partial charge is 0.351 e. The predicted molar refractivity (Wildman–Crippen MR) is 95.1 cm³/mol. The molecular formula is C19H16F3N3O2. The molecule has 3 N–H and O–H groups in total. The van der Waals surface area contributed by atoms with Gasteiger partial charge < -0.3 is 15.6 Å². The van der Waals surface area contributed by atoms with Gasteiger partial charge in [-0.2, -0.15) is 0 Å². The average molecular weight is 375 g/mol. The number of amides is 2. The number of hydrogen-bond acceptors (Lipinski definition) is 2. The fourth-order valence-electron chi connectivity index (χ4n) is 2.79. The summed E-state index contributed by atoms with van der Waals surface area (Å²) in [6, 6.07) is 7.16. The maximum absolute atomic E-state index is 13.6. The molecule has 2 aromatic carbocycles. The smallest absolute Gasteiger partial charge is 0.268 e. The molecule has 0 aliphatic heterocycles. The van der Waals surface area contributed by atoms with Crippen LogP contribution in [0.2, 0.25) is 0 Å². The van der Waals surface area contributed by atoms with Gasteiger partial charge in [0.2, 0.25) is 5.91 Å². The van der Waals surface area contributed by atoms with Gasteiger partial charge in [-0.1, -0.05) is 6.07 Å². The molecule has 0 radical (unpaired) electrons. The molecule has 0 saturated heterocycles. The highest BCUT2D eigenvalue weighted by Crippen LogP contribution is 2.22. The number of carbonyl (C=O) groups is 2. The summed E-state index contributed by atoms with van der Waals surface area (Å²) in [5.74, 6) is -5.85. The first kappa shape index (κ1) is 18.5. The van der Waals surface area contributed by atoms with E-state index in [-0.39, 0.29) is 5.69 Å². The molecular weight excluding hydrogens is 359 g/mol. The summed E-state index contributed by atoms with van der Waals surface area (Å²) < 4.78 is 39.6. The minimum atomic E-state index is -1.68. The van der Waals surface area contributed by atoms with E-state index in [9.17, 15) is 22.8 Å². The molecule has 140 valence electrons. The lowest BCUT2D eigenvalue weighted by Gasteiger charge is -2.08. The van der Waals surface area contributed by atoms with E-state index in [2.05, 4.69) is 15.6 Å². The lowest BCUT2D eigenvalue weighted by molar-refractivity contribution is -0.115. The molecule has 2 amide bonds. The van der Waals surface area contributed by atoms with Crippen molar-refractivity contribution in [3.05, 3.63) is 64.6 Å². The number of aryl methyl sites for hydroxylation is 2. The summed E-state index contributed by atoms with van der Waals surface area (Å²) in [5.41, 5.74) is 2.61. The van der Waals surface area contributed by atoms with Gasteiger partial charge in [-0.05, 0) is 49.2 Å². The van der Waals surface area contributed by atoms with Crippen molar-refractivity contribution in [2.24, 2.45) is 0 Å². The first-order chi connectivity index (χ1) is 12.8.